The number of rotatable bonds is 6. The molecular formula is C15H21NO3. The Kier molecular flexibility index (Phi) is 5.55. The van der Waals surface area contributed by atoms with Gasteiger partial charge in [0.25, 0.3) is 0 Å². The number of hydrogen-bond acceptors (Lipinski definition) is 2. The molecule has 0 bridgehead atoms. The standard InChI is InChI=1S/C15H21NO3/c1-4-12(6-8-14(17)18)15(19)16-13-7-5-10(2)11(3)9-13/h5,7,9,12H,4,6,8H2,1-3H3,(H,16,19)(H,17,18). The van der Waals surface area contributed by atoms with Crippen LogP contribution in [0.25, 0.3) is 0 Å². The van der Waals surface area contributed by atoms with Crippen LogP contribution in [-0.2, 0) is 9.59 Å². The van der Waals surface area contributed by atoms with Gasteiger partial charge in [-0.3, -0.25) is 9.59 Å². The summed E-state index contributed by atoms with van der Waals surface area (Å²) in [6, 6.07) is 5.75. The van der Waals surface area contributed by atoms with Crippen LogP contribution in [0.2, 0.25) is 0 Å². The molecule has 104 valence electrons. The van der Waals surface area contributed by atoms with Crippen LogP contribution >= 0.6 is 0 Å². The molecular weight excluding hydrogens is 242 g/mol. The molecule has 4 nitrogen and oxygen atoms in total. The number of anilines is 1. The Morgan fingerprint density at radius 2 is 1.95 bits per heavy atom. The number of carboxylic acids is 1. The number of benzene rings is 1. The van der Waals surface area contributed by atoms with Crippen LogP contribution in [0.5, 0.6) is 0 Å². The zero-order chi connectivity index (χ0) is 14.4. The number of carboxylic acid groups (broad SMARTS) is 1. The second-order valence-electron chi connectivity index (χ2n) is 4.83. The molecule has 0 aliphatic rings. The van der Waals surface area contributed by atoms with Crippen LogP contribution in [0.1, 0.15) is 37.3 Å². The van der Waals surface area contributed by atoms with Crippen molar-refractivity contribution in [3.05, 3.63) is 29.3 Å². The smallest absolute Gasteiger partial charge is 0.303 e. The van der Waals surface area contributed by atoms with E-state index >= 15 is 0 Å². The Morgan fingerprint density at radius 1 is 1.26 bits per heavy atom. The molecule has 1 unspecified atom stereocenters. The molecule has 0 saturated carbocycles. The van der Waals surface area contributed by atoms with Crippen LogP contribution in [0.3, 0.4) is 0 Å². The molecule has 0 radical (unpaired) electrons. The summed E-state index contributed by atoms with van der Waals surface area (Å²) in [5, 5.41) is 11.5. The third-order valence-electron chi connectivity index (χ3n) is 3.34. The predicted octanol–water partition coefficient (Wildman–Crippen LogP) is 3.13. The van der Waals surface area contributed by atoms with Crippen molar-refractivity contribution in [1.29, 1.82) is 0 Å². The number of carbonyl (C=O) groups is 2. The fraction of sp³-hybridized carbons (Fsp3) is 0.467. The Balaban J connectivity index is 2.65. The van der Waals surface area contributed by atoms with Gasteiger partial charge in [0.1, 0.15) is 0 Å². The van der Waals surface area contributed by atoms with Gasteiger partial charge in [-0.2, -0.15) is 0 Å². The summed E-state index contributed by atoms with van der Waals surface area (Å²) in [7, 11) is 0. The van der Waals surface area contributed by atoms with E-state index in [1.165, 1.54) is 5.56 Å². The Labute approximate surface area is 113 Å². The second kappa shape index (κ2) is 6.92. The van der Waals surface area contributed by atoms with E-state index in [1.807, 2.05) is 39.0 Å². The first kappa shape index (κ1) is 15.2. The van der Waals surface area contributed by atoms with Gasteiger partial charge in [0.05, 0.1) is 0 Å². The van der Waals surface area contributed by atoms with E-state index in [9.17, 15) is 9.59 Å². The summed E-state index contributed by atoms with van der Waals surface area (Å²) in [4.78, 5) is 22.6. The lowest BCUT2D eigenvalue weighted by Crippen LogP contribution is -2.23. The molecule has 4 heteroatoms. The van der Waals surface area contributed by atoms with Crippen LogP contribution in [0.4, 0.5) is 5.69 Å². The highest BCUT2D eigenvalue weighted by Crippen LogP contribution is 2.18. The van der Waals surface area contributed by atoms with Crippen molar-refractivity contribution in [2.45, 2.75) is 40.0 Å². The molecule has 0 fully saturated rings. The van der Waals surface area contributed by atoms with Crippen LogP contribution in [0, 0.1) is 19.8 Å². The molecule has 1 rings (SSSR count). The Hall–Kier alpha value is -1.84. The minimum absolute atomic E-state index is 0.0266. The summed E-state index contributed by atoms with van der Waals surface area (Å²) in [5.74, 6) is -1.22. The monoisotopic (exact) mass is 263 g/mol. The number of aliphatic carboxylic acids is 1. The summed E-state index contributed by atoms with van der Waals surface area (Å²) >= 11 is 0. The number of nitrogens with one attached hydrogen (secondary N) is 1. The zero-order valence-corrected chi connectivity index (χ0v) is 11.7. The van der Waals surface area contributed by atoms with Gasteiger partial charge in [-0.1, -0.05) is 13.0 Å². The maximum atomic E-state index is 12.0. The summed E-state index contributed by atoms with van der Waals surface area (Å²) in [6.07, 6.45) is 1.05. The first-order valence-corrected chi connectivity index (χ1v) is 6.54. The molecule has 1 atom stereocenters. The highest BCUT2D eigenvalue weighted by molar-refractivity contribution is 5.92. The molecule has 0 spiro atoms. The van der Waals surface area contributed by atoms with Crippen molar-refractivity contribution < 1.29 is 14.7 Å². The normalized spacial score (nSPS) is 11.9. The fourth-order valence-electron chi connectivity index (χ4n) is 1.88. The maximum absolute atomic E-state index is 12.0. The van der Waals surface area contributed by atoms with Gasteiger partial charge in [0, 0.05) is 18.0 Å². The van der Waals surface area contributed by atoms with E-state index in [-0.39, 0.29) is 18.2 Å². The highest BCUT2D eigenvalue weighted by Gasteiger charge is 2.17. The number of aryl methyl sites for hydroxylation is 2. The molecule has 0 aromatic heterocycles. The van der Waals surface area contributed by atoms with Crippen molar-refractivity contribution in [2.24, 2.45) is 5.92 Å². The molecule has 2 N–H and O–H groups in total. The van der Waals surface area contributed by atoms with Crippen molar-refractivity contribution in [2.75, 3.05) is 5.32 Å². The van der Waals surface area contributed by atoms with E-state index in [0.29, 0.717) is 12.8 Å². The summed E-state index contributed by atoms with van der Waals surface area (Å²) < 4.78 is 0. The van der Waals surface area contributed by atoms with Gasteiger partial charge in [0.2, 0.25) is 5.91 Å². The first-order chi connectivity index (χ1) is 8.93. The van der Waals surface area contributed by atoms with Gasteiger partial charge in [-0.25, -0.2) is 0 Å². The SMILES string of the molecule is CCC(CCC(=O)O)C(=O)Nc1ccc(C)c(C)c1. The minimum Gasteiger partial charge on any atom is -0.481 e. The zero-order valence-electron chi connectivity index (χ0n) is 11.7. The Bertz CT molecular complexity index is 468. The molecule has 0 aliphatic heterocycles. The third-order valence-corrected chi connectivity index (χ3v) is 3.34. The molecule has 19 heavy (non-hydrogen) atoms. The molecule has 0 heterocycles. The maximum Gasteiger partial charge on any atom is 0.303 e. The first-order valence-electron chi connectivity index (χ1n) is 6.54. The number of hydrogen-bond donors (Lipinski definition) is 2. The van der Waals surface area contributed by atoms with Gasteiger partial charge in [-0.05, 0) is 49.9 Å². The van der Waals surface area contributed by atoms with Gasteiger partial charge >= 0.3 is 5.97 Å². The lowest BCUT2D eigenvalue weighted by molar-refractivity contribution is -0.137. The Morgan fingerprint density at radius 3 is 2.47 bits per heavy atom. The van der Waals surface area contributed by atoms with Crippen LogP contribution < -0.4 is 5.32 Å². The predicted molar refractivity (Wildman–Crippen MR) is 75.2 cm³/mol. The highest BCUT2D eigenvalue weighted by atomic mass is 16.4. The summed E-state index contributed by atoms with van der Waals surface area (Å²) in [6.45, 7) is 5.90. The van der Waals surface area contributed by atoms with E-state index in [4.69, 9.17) is 5.11 Å². The number of carbonyl (C=O) groups excluding carboxylic acids is 1. The number of amides is 1. The van der Waals surface area contributed by atoms with E-state index in [2.05, 4.69) is 5.32 Å². The van der Waals surface area contributed by atoms with E-state index < -0.39 is 5.97 Å². The van der Waals surface area contributed by atoms with E-state index in [1.54, 1.807) is 0 Å². The molecule has 1 aromatic rings. The largest absolute Gasteiger partial charge is 0.481 e. The molecule has 0 aliphatic carbocycles. The summed E-state index contributed by atoms with van der Waals surface area (Å²) in [5.41, 5.74) is 3.06. The lowest BCUT2D eigenvalue weighted by Gasteiger charge is -2.14. The van der Waals surface area contributed by atoms with Crippen molar-refractivity contribution in [1.82, 2.24) is 0 Å². The van der Waals surface area contributed by atoms with Crippen molar-refractivity contribution in [3.8, 4) is 0 Å². The third kappa shape index (κ3) is 4.73. The quantitative estimate of drug-likeness (QED) is 0.828. The second-order valence-corrected chi connectivity index (χ2v) is 4.83. The van der Waals surface area contributed by atoms with Gasteiger partial charge in [-0.15, -0.1) is 0 Å². The fourth-order valence-corrected chi connectivity index (χ4v) is 1.88. The van der Waals surface area contributed by atoms with E-state index in [0.717, 1.165) is 11.3 Å². The van der Waals surface area contributed by atoms with Crippen LogP contribution in [-0.4, -0.2) is 17.0 Å². The van der Waals surface area contributed by atoms with Gasteiger partial charge < -0.3 is 10.4 Å². The lowest BCUT2D eigenvalue weighted by atomic mass is 9.99. The molecule has 1 amide bonds. The van der Waals surface area contributed by atoms with Crippen molar-refractivity contribution in [3.63, 3.8) is 0 Å². The van der Waals surface area contributed by atoms with Crippen LogP contribution in [0.15, 0.2) is 18.2 Å². The molecule has 1 aromatic carbocycles. The van der Waals surface area contributed by atoms with Crippen molar-refractivity contribution >= 4 is 17.6 Å². The topological polar surface area (TPSA) is 66.4 Å². The van der Waals surface area contributed by atoms with Gasteiger partial charge in [0.15, 0.2) is 0 Å². The average Bonchev–Trinajstić information content (AvgIpc) is 2.34. The molecule has 0 saturated heterocycles. The minimum atomic E-state index is -0.863. The average molecular weight is 263 g/mol.